The maximum absolute atomic E-state index is 12.7. The molecule has 5 rings (SSSR count). The highest BCUT2D eigenvalue weighted by Gasteiger charge is 2.18. The van der Waals surface area contributed by atoms with Crippen LogP contribution in [0.4, 0.5) is 0 Å². The second-order valence-electron chi connectivity index (χ2n) is 10.3. The third-order valence-corrected chi connectivity index (χ3v) is 8.46. The van der Waals surface area contributed by atoms with E-state index in [1.54, 1.807) is 30.3 Å². The molecule has 3 aromatic carbocycles. The predicted molar refractivity (Wildman–Crippen MR) is 181 cm³/mol. The summed E-state index contributed by atoms with van der Waals surface area (Å²) in [5.41, 5.74) is 7.10. The number of nitrogens with one attached hydrogen (secondary N) is 1. The van der Waals surface area contributed by atoms with Gasteiger partial charge in [-0.25, -0.2) is 10.2 Å². The Morgan fingerprint density at radius 2 is 1.72 bits per heavy atom. The van der Waals surface area contributed by atoms with E-state index in [1.807, 2.05) is 31.2 Å². The van der Waals surface area contributed by atoms with E-state index in [-0.39, 0.29) is 35.3 Å². The number of hydrogen-bond acceptors (Lipinski definition) is 7. The van der Waals surface area contributed by atoms with E-state index < -0.39 is 11.9 Å². The first kappa shape index (κ1) is 33.4. The third-order valence-electron chi connectivity index (χ3n) is 7.02. The highest BCUT2D eigenvalue weighted by Crippen LogP contribution is 2.42. The number of ether oxygens (including phenoxy) is 3. The molecule has 0 unspecified atom stereocenters. The van der Waals surface area contributed by atoms with Crippen LogP contribution >= 0.6 is 27.5 Å². The number of carboxylic acids is 1. The molecule has 1 amide bonds. The number of furan rings is 1. The van der Waals surface area contributed by atoms with Gasteiger partial charge in [0.05, 0.1) is 18.4 Å². The van der Waals surface area contributed by atoms with E-state index in [0.29, 0.717) is 39.5 Å². The van der Waals surface area contributed by atoms with Crippen molar-refractivity contribution < 1.29 is 33.3 Å². The Hall–Kier alpha value is -5.00. The summed E-state index contributed by atoms with van der Waals surface area (Å²) in [5, 5.41) is 13.5. The average molecular weight is 721 g/mol. The zero-order valence-corrected chi connectivity index (χ0v) is 28.1. The number of halogens is 2. The molecule has 2 N–H and O–H groups in total. The summed E-state index contributed by atoms with van der Waals surface area (Å²) in [4.78, 5) is 24.0. The first-order chi connectivity index (χ1) is 22.6. The molecule has 12 heteroatoms. The van der Waals surface area contributed by atoms with Gasteiger partial charge in [-0.2, -0.15) is 5.10 Å². The number of nitrogens with zero attached hydrogens (tertiary/aromatic N) is 2. The number of benzene rings is 3. The van der Waals surface area contributed by atoms with Gasteiger partial charge in [0.2, 0.25) is 0 Å². The zero-order valence-electron chi connectivity index (χ0n) is 25.8. The van der Waals surface area contributed by atoms with E-state index >= 15 is 0 Å². The Labute approximate surface area is 284 Å². The van der Waals surface area contributed by atoms with Gasteiger partial charge in [-0.3, -0.25) is 4.79 Å². The fraction of sp³-hybridized carbons (Fsp3) is 0.171. The summed E-state index contributed by atoms with van der Waals surface area (Å²) in [7, 11) is 0. The van der Waals surface area contributed by atoms with Gasteiger partial charge in [-0.15, -0.1) is 0 Å². The molecule has 242 valence electrons. The van der Waals surface area contributed by atoms with Crippen LogP contribution < -0.4 is 19.6 Å². The van der Waals surface area contributed by atoms with Crippen molar-refractivity contribution in [1.29, 1.82) is 0 Å². The van der Waals surface area contributed by atoms with Crippen molar-refractivity contribution >= 4 is 45.6 Å². The predicted octanol–water partition coefficient (Wildman–Crippen LogP) is 8.12. The van der Waals surface area contributed by atoms with Crippen LogP contribution in [0.25, 0.3) is 5.69 Å². The molecule has 2 heterocycles. The lowest BCUT2D eigenvalue weighted by atomic mass is 10.1. The standard InChI is InChI=1S/C35H31BrClN3O7/c1-4-44-30-17-25(31(36)32(37)33(30)46-19-23-6-5-7-24(16-23)35(42)43)18-38-39-34(41)29-15-14-28(47-29)20-45-27-12-10-26(11-13-27)40-21(2)8-9-22(40)3/h5-18H,4,19-20H2,1-3H3,(H,39,41)(H,42,43)/b38-18+. The molecule has 47 heavy (non-hydrogen) atoms. The summed E-state index contributed by atoms with van der Waals surface area (Å²) in [6, 6.07) is 23.2. The van der Waals surface area contributed by atoms with Crippen LogP contribution in [0.5, 0.6) is 17.2 Å². The van der Waals surface area contributed by atoms with Gasteiger partial charge in [-0.05, 0) is 109 Å². The second kappa shape index (κ2) is 15.1. The molecule has 0 spiro atoms. The lowest BCUT2D eigenvalue weighted by Gasteiger charge is -2.16. The van der Waals surface area contributed by atoms with E-state index in [4.69, 9.17) is 30.2 Å². The van der Waals surface area contributed by atoms with Gasteiger partial charge >= 0.3 is 11.9 Å². The van der Waals surface area contributed by atoms with Crippen molar-refractivity contribution in [3.8, 4) is 22.9 Å². The average Bonchev–Trinajstić information content (AvgIpc) is 3.68. The lowest BCUT2D eigenvalue weighted by molar-refractivity contribution is 0.0696. The summed E-state index contributed by atoms with van der Waals surface area (Å²) in [6.45, 7) is 6.47. The molecule has 0 aliphatic carbocycles. The number of carboxylic acid groups (broad SMARTS) is 1. The molecule has 0 aliphatic heterocycles. The Morgan fingerprint density at radius 3 is 2.43 bits per heavy atom. The molecule has 0 fully saturated rings. The van der Waals surface area contributed by atoms with E-state index in [0.717, 1.165) is 17.1 Å². The number of hydrazone groups is 1. The number of carbonyl (C=O) groups excluding carboxylic acids is 1. The Balaban J connectivity index is 1.19. The van der Waals surface area contributed by atoms with Crippen LogP contribution in [-0.2, 0) is 13.2 Å². The molecule has 10 nitrogen and oxygen atoms in total. The van der Waals surface area contributed by atoms with Crippen molar-refractivity contribution in [2.24, 2.45) is 5.10 Å². The number of aromatic carboxylic acids is 1. The number of carbonyl (C=O) groups is 2. The molecule has 5 aromatic rings. The second-order valence-corrected chi connectivity index (χ2v) is 11.5. The van der Waals surface area contributed by atoms with Crippen LogP contribution in [0, 0.1) is 13.8 Å². The van der Waals surface area contributed by atoms with Gasteiger partial charge < -0.3 is 28.3 Å². The first-order valence-corrected chi connectivity index (χ1v) is 15.7. The Bertz CT molecular complexity index is 1910. The summed E-state index contributed by atoms with van der Waals surface area (Å²) in [5.74, 6) is 0.250. The van der Waals surface area contributed by atoms with Crippen molar-refractivity contribution in [2.75, 3.05) is 6.61 Å². The van der Waals surface area contributed by atoms with Gasteiger partial charge in [0.25, 0.3) is 0 Å². The largest absolute Gasteiger partial charge is 0.490 e. The number of amides is 1. The molecule has 2 aromatic heterocycles. The fourth-order valence-corrected chi connectivity index (χ4v) is 5.41. The number of rotatable bonds is 13. The van der Waals surface area contributed by atoms with Gasteiger partial charge in [0, 0.05) is 27.1 Å². The molecule has 0 radical (unpaired) electrons. The highest BCUT2D eigenvalue weighted by molar-refractivity contribution is 9.10. The van der Waals surface area contributed by atoms with Gasteiger partial charge in [0.15, 0.2) is 17.3 Å². The molecule has 0 saturated carbocycles. The fourth-order valence-electron chi connectivity index (χ4n) is 4.76. The topological polar surface area (TPSA) is 125 Å². The quantitative estimate of drug-likeness (QED) is 0.0930. The minimum Gasteiger partial charge on any atom is -0.490 e. The van der Waals surface area contributed by atoms with Crippen molar-refractivity contribution in [3.63, 3.8) is 0 Å². The molecular weight excluding hydrogens is 690 g/mol. The van der Waals surface area contributed by atoms with E-state index in [9.17, 15) is 14.7 Å². The van der Waals surface area contributed by atoms with Crippen LogP contribution in [0.3, 0.4) is 0 Å². The Kier molecular flexibility index (Phi) is 10.7. The maximum Gasteiger partial charge on any atom is 0.335 e. The van der Waals surface area contributed by atoms with E-state index in [1.165, 1.54) is 18.3 Å². The zero-order chi connectivity index (χ0) is 33.5. The van der Waals surface area contributed by atoms with Crippen molar-refractivity contribution in [3.05, 3.63) is 128 Å². The van der Waals surface area contributed by atoms with E-state index in [2.05, 4.69) is 57.0 Å². The molecular formula is C35H31BrClN3O7. The molecule has 0 aliphatic rings. The normalized spacial score (nSPS) is 11.1. The number of aryl methyl sites for hydroxylation is 2. The third kappa shape index (κ3) is 8.05. The van der Waals surface area contributed by atoms with Crippen LogP contribution in [0.15, 0.2) is 92.9 Å². The van der Waals surface area contributed by atoms with Crippen LogP contribution in [0.2, 0.25) is 5.02 Å². The van der Waals surface area contributed by atoms with Gasteiger partial charge in [0.1, 0.15) is 29.7 Å². The molecule has 0 bridgehead atoms. The molecule has 0 saturated heterocycles. The van der Waals surface area contributed by atoms with Crippen molar-refractivity contribution in [1.82, 2.24) is 9.99 Å². The van der Waals surface area contributed by atoms with Crippen molar-refractivity contribution in [2.45, 2.75) is 34.0 Å². The molecule has 0 atom stereocenters. The van der Waals surface area contributed by atoms with Crippen LogP contribution in [0.1, 0.15) is 56.1 Å². The highest BCUT2D eigenvalue weighted by atomic mass is 79.9. The SMILES string of the molecule is CCOc1cc(/C=N/NC(=O)c2ccc(COc3ccc(-n4c(C)ccc4C)cc3)o2)c(Br)c(Cl)c1OCc1cccc(C(=O)O)c1. The maximum atomic E-state index is 12.7. The lowest BCUT2D eigenvalue weighted by Crippen LogP contribution is -2.16. The minimum atomic E-state index is -1.03. The van der Waals surface area contributed by atoms with Crippen LogP contribution in [-0.4, -0.2) is 34.4 Å². The monoisotopic (exact) mass is 719 g/mol. The summed E-state index contributed by atoms with van der Waals surface area (Å²) >= 11 is 10.1. The minimum absolute atomic E-state index is 0.0626. The smallest absolute Gasteiger partial charge is 0.335 e. The number of hydrogen-bond donors (Lipinski definition) is 2. The summed E-state index contributed by atoms with van der Waals surface area (Å²) in [6.07, 6.45) is 1.41. The van der Waals surface area contributed by atoms with Gasteiger partial charge in [-0.1, -0.05) is 23.7 Å². The first-order valence-electron chi connectivity index (χ1n) is 14.5. The Morgan fingerprint density at radius 1 is 0.979 bits per heavy atom. The summed E-state index contributed by atoms with van der Waals surface area (Å²) < 4.78 is 25.8. The number of aromatic nitrogens is 1.